The van der Waals surface area contributed by atoms with E-state index in [-0.39, 0.29) is 6.04 Å². The van der Waals surface area contributed by atoms with E-state index >= 15 is 0 Å². The lowest BCUT2D eigenvalue weighted by Gasteiger charge is -2.34. The topological polar surface area (TPSA) is 23.6 Å². The van der Waals surface area contributed by atoms with E-state index < -0.39 is 0 Å². The van der Waals surface area contributed by atoms with Gasteiger partial charge in [-0.2, -0.15) is 0 Å². The molecule has 0 bridgehead atoms. The van der Waals surface area contributed by atoms with E-state index in [1.807, 2.05) is 6.07 Å². The average Bonchev–Trinajstić information content (AvgIpc) is 2.50. The highest BCUT2D eigenvalue weighted by atomic mass is 79.9. The van der Waals surface area contributed by atoms with E-state index in [1.54, 1.807) is 0 Å². The minimum atomic E-state index is 0.206. The van der Waals surface area contributed by atoms with Crippen LogP contribution < -0.4 is 0 Å². The number of rotatable bonds is 5. The monoisotopic (exact) mass is 352 g/mol. The Hall–Kier alpha value is -0.870. The molecule has 1 aliphatic heterocycles. The average molecular weight is 353 g/mol. The molecule has 3 nitrogen and oxygen atoms in total. The van der Waals surface area contributed by atoms with Gasteiger partial charge in [-0.05, 0) is 31.9 Å². The lowest BCUT2D eigenvalue weighted by molar-refractivity contribution is -0.133. The highest BCUT2D eigenvalue weighted by Gasteiger charge is 2.25. The second-order valence-electron chi connectivity index (χ2n) is 5.74. The molecule has 1 amide bonds. The summed E-state index contributed by atoms with van der Waals surface area (Å²) in [6, 6.07) is 10.6. The van der Waals surface area contributed by atoms with Crippen molar-refractivity contribution in [2.75, 3.05) is 32.0 Å². The molecule has 0 unspecified atom stereocenters. The molecule has 4 heteroatoms. The molecule has 0 N–H and O–H groups in total. The van der Waals surface area contributed by atoms with Gasteiger partial charge in [0, 0.05) is 37.4 Å². The first-order valence-corrected chi connectivity index (χ1v) is 8.93. The van der Waals surface area contributed by atoms with Gasteiger partial charge in [-0.15, -0.1) is 0 Å². The number of benzene rings is 1. The third-order valence-electron chi connectivity index (χ3n) is 4.19. The number of carbonyl (C=O) groups excluding carboxylic acids is 1. The van der Waals surface area contributed by atoms with Crippen molar-refractivity contribution in [3.8, 4) is 0 Å². The Morgan fingerprint density at radius 1 is 1.19 bits per heavy atom. The third-order valence-corrected chi connectivity index (χ3v) is 4.75. The molecule has 1 aliphatic rings. The van der Waals surface area contributed by atoms with E-state index in [4.69, 9.17) is 0 Å². The molecule has 0 saturated carbocycles. The van der Waals surface area contributed by atoms with Crippen LogP contribution >= 0.6 is 15.9 Å². The number of alkyl halides is 1. The van der Waals surface area contributed by atoms with Crippen LogP contribution in [0.25, 0.3) is 0 Å². The molecule has 116 valence electrons. The molecule has 21 heavy (non-hydrogen) atoms. The second-order valence-corrected chi connectivity index (χ2v) is 6.53. The van der Waals surface area contributed by atoms with Crippen LogP contribution in [0.2, 0.25) is 0 Å². The minimum absolute atomic E-state index is 0.206. The first-order valence-electron chi connectivity index (χ1n) is 7.81. The van der Waals surface area contributed by atoms with Gasteiger partial charge in [-0.25, -0.2) is 0 Å². The first kappa shape index (κ1) is 16.5. The number of amides is 1. The lowest BCUT2D eigenvalue weighted by atomic mass is 10.00. The van der Waals surface area contributed by atoms with Gasteiger partial charge in [0.15, 0.2) is 0 Å². The first-order chi connectivity index (χ1) is 10.2. The predicted molar refractivity (Wildman–Crippen MR) is 90.7 cm³/mol. The van der Waals surface area contributed by atoms with Crippen LogP contribution in [0, 0.1) is 0 Å². The Morgan fingerprint density at radius 2 is 1.95 bits per heavy atom. The standard InChI is InChI=1S/C17H25BrN2O/c1-19-11-7-13-20(12-6-5-10-18)17(21)14-16(19)15-8-3-2-4-9-15/h2-4,8-9,16H,5-7,10-14H2,1H3/t16-/m0/s1. The van der Waals surface area contributed by atoms with Crippen molar-refractivity contribution in [1.29, 1.82) is 0 Å². The molecule has 0 spiro atoms. The summed E-state index contributed by atoms with van der Waals surface area (Å²) in [5.41, 5.74) is 1.25. The zero-order valence-electron chi connectivity index (χ0n) is 12.8. The van der Waals surface area contributed by atoms with Crippen LogP contribution in [0.5, 0.6) is 0 Å². The summed E-state index contributed by atoms with van der Waals surface area (Å²) < 4.78 is 0. The fourth-order valence-electron chi connectivity index (χ4n) is 2.92. The summed E-state index contributed by atoms with van der Waals surface area (Å²) in [6.45, 7) is 2.84. The van der Waals surface area contributed by atoms with Crippen LogP contribution in [0.15, 0.2) is 30.3 Å². The summed E-state index contributed by atoms with van der Waals surface area (Å²) in [5.74, 6) is 0.296. The van der Waals surface area contributed by atoms with Gasteiger partial charge in [0.2, 0.25) is 5.91 Å². The van der Waals surface area contributed by atoms with E-state index in [2.05, 4.69) is 57.0 Å². The Morgan fingerprint density at radius 3 is 2.67 bits per heavy atom. The molecule has 2 rings (SSSR count). The number of halogens is 1. The maximum Gasteiger partial charge on any atom is 0.224 e. The molecule has 1 aromatic carbocycles. The summed E-state index contributed by atoms with van der Waals surface area (Å²) >= 11 is 3.46. The van der Waals surface area contributed by atoms with Gasteiger partial charge >= 0.3 is 0 Å². The molecule has 1 fully saturated rings. The van der Waals surface area contributed by atoms with Gasteiger partial charge in [0.1, 0.15) is 0 Å². The van der Waals surface area contributed by atoms with E-state index in [0.29, 0.717) is 12.3 Å². The molecule has 1 aromatic rings. The van der Waals surface area contributed by atoms with Crippen LogP contribution in [0.3, 0.4) is 0 Å². The Balaban J connectivity index is 2.04. The van der Waals surface area contributed by atoms with Crippen molar-refractivity contribution in [1.82, 2.24) is 9.80 Å². The number of carbonyl (C=O) groups is 1. The smallest absolute Gasteiger partial charge is 0.224 e. The summed E-state index contributed by atoms with van der Waals surface area (Å²) in [4.78, 5) is 17.0. The van der Waals surface area contributed by atoms with Gasteiger partial charge in [-0.1, -0.05) is 46.3 Å². The summed E-state index contributed by atoms with van der Waals surface area (Å²) in [7, 11) is 2.13. The van der Waals surface area contributed by atoms with E-state index in [1.165, 1.54) is 5.56 Å². The Labute approximate surface area is 136 Å². The lowest BCUT2D eigenvalue weighted by Crippen LogP contribution is -2.41. The highest BCUT2D eigenvalue weighted by Crippen LogP contribution is 2.25. The SMILES string of the molecule is CN1CCCN(CCCCBr)C(=O)C[C@H]1c1ccccc1. The quantitative estimate of drug-likeness (QED) is 0.598. The molecule has 0 radical (unpaired) electrons. The van der Waals surface area contributed by atoms with Gasteiger partial charge < -0.3 is 4.90 Å². The largest absolute Gasteiger partial charge is 0.343 e. The van der Waals surface area contributed by atoms with Gasteiger partial charge in [-0.3, -0.25) is 9.69 Å². The molecule has 1 saturated heterocycles. The van der Waals surface area contributed by atoms with Crippen molar-refractivity contribution in [2.24, 2.45) is 0 Å². The van der Waals surface area contributed by atoms with Crippen LogP contribution in [0.4, 0.5) is 0 Å². The van der Waals surface area contributed by atoms with Gasteiger partial charge in [0.25, 0.3) is 0 Å². The van der Waals surface area contributed by atoms with E-state index in [0.717, 1.165) is 44.2 Å². The fourth-order valence-corrected chi connectivity index (χ4v) is 3.32. The second kappa shape index (κ2) is 8.54. The zero-order chi connectivity index (χ0) is 15.1. The molecule has 0 aliphatic carbocycles. The van der Waals surface area contributed by atoms with Crippen LogP contribution in [0.1, 0.15) is 37.3 Å². The third kappa shape index (κ3) is 4.82. The number of hydrogen-bond acceptors (Lipinski definition) is 2. The van der Waals surface area contributed by atoms with Crippen molar-refractivity contribution in [3.05, 3.63) is 35.9 Å². The van der Waals surface area contributed by atoms with E-state index in [9.17, 15) is 4.79 Å². The molecule has 1 atom stereocenters. The maximum atomic E-state index is 12.6. The normalized spacial score (nSPS) is 21.1. The van der Waals surface area contributed by atoms with Crippen molar-refractivity contribution >= 4 is 21.8 Å². The zero-order valence-corrected chi connectivity index (χ0v) is 14.4. The molecule has 0 aromatic heterocycles. The number of unbranched alkanes of at least 4 members (excludes halogenated alkanes) is 1. The van der Waals surface area contributed by atoms with Crippen molar-refractivity contribution in [3.63, 3.8) is 0 Å². The van der Waals surface area contributed by atoms with Crippen LogP contribution in [-0.4, -0.2) is 47.7 Å². The maximum absolute atomic E-state index is 12.6. The van der Waals surface area contributed by atoms with Crippen LogP contribution in [-0.2, 0) is 4.79 Å². The summed E-state index contributed by atoms with van der Waals surface area (Å²) in [5, 5.41) is 1.02. The molecular formula is C17H25BrN2O. The predicted octanol–water partition coefficient (Wildman–Crippen LogP) is 3.46. The highest BCUT2D eigenvalue weighted by molar-refractivity contribution is 9.09. The number of nitrogens with zero attached hydrogens (tertiary/aromatic N) is 2. The molecule has 1 heterocycles. The Kier molecular flexibility index (Phi) is 6.71. The fraction of sp³-hybridized carbons (Fsp3) is 0.588. The number of hydrogen-bond donors (Lipinski definition) is 0. The molecular weight excluding hydrogens is 328 g/mol. The minimum Gasteiger partial charge on any atom is -0.343 e. The summed E-state index contributed by atoms with van der Waals surface area (Å²) in [6.07, 6.45) is 3.86. The van der Waals surface area contributed by atoms with Gasteiger partial charge in [0.05, 0.1) is 0 Å². The van der Waals surface area contributed by atoms with Crippen molar-refractivity contribution in [2.45, 2.75) is 31.7 Å². The Bertz CT molecular complexity index is 436. The van der Waals surface area contributed by atoms with Crippen molar-refractivity contribution < 1.29 is 4.79 Å².